The number of ether oxygens (including phenoxy) is 2. The molecular formula is C30H31N3O6. The molecule has 4 rings (SSSR count). The molecule has 3 aromatic carbocycles. The third kappa shape index (κ3) is 6.62. The van der Waals surface area contributed by atoms with E-state index >= 15 is 0 Å². The van der Waals surface area contributed by atoms with Gasteiger partial charge in [0.15, 0.2) is 0 Å². The molecule has 202 valence electrons. The Balaban J connectivity index is 1.45. The van der Waals surface area contributed by atoms with Crippen LogP contribution in [0.5, 0.6) is 11.5 Å². The number of benzene rings is 3. The molecule has 0 radical (unpaired) electrons. The zero-order valence-electron chi connectivity index (χ0n) is 22.5. The number of aromatic nitrogens is 2. The summed E-state index contributed by atoms with van der Waals surface area (Å²) in [6.45, 7) is 6.26. The Morgan fingerprint density at radius 2 is 1.54 bits per heavy atom. The lowest BCUT2D eigenvalue weighted by molar-refractivity contribution is -0.139. The molecule has 1 atom stereocenters. The number of carboxylic acids is 1. The molecule has 1 aromatic heterocycles. The third-order valence-corrected chi connectivity index (χ3v) is 6.29. The number of carbonyl (C=O) groups is 2. The van der Waals surface area contributed by atoms with Gasteiger partial charge < -0.3 is 24.4 Å². The number of amides is 1. The van der Waals surface area contributed by atoms with E-state index in [2.05, 4.69) is 36.2 Å². The lowest BCUT2D eigenvalue weighted by Crippen LogP contribution is -2.42. The van der Waals surface area contributed by atoms with Gasteiger partial charge in [0, 0.05) is 29.2 Å². The van der Waals surface area contributed by atoms with Gasteiger partial charge in [-0.15, -0.1) is 0 Å². The van der Waals surface area contributed by atoms with Crippen molar-refractivity contribution in [3.05, 3.63) is 83.4 Å². The van der Waals surface area contributed by atoms with Crippen LogP contribution in [0.2, 0.25) is 0 Å². The first kappa shape index (κ1) is 27.4. The minimum Gasteiger partial charge on any atom is -0.497 e. The smallest absolute Gasteiger partial charge is 0.326 e. The van der Waals surface area contributed by atoms with Crippen LogP contribution >= 0.6 is 0 Å². The van der Waals surface area contributed by atoms with Gasteiger partial charge in [0.1, 0.15) is 17.5 Å². The fourth-order valence-corrected chi connectivity index (χ4v) is 3.98. The lowest BCUT2D eigenvalue weighted by Gasteiger charge is -2.19. The molecular weight excluding hydrogens is 498 g/mol. The van der Waals surface area contributed by atoms with Crippen molar-refractivity contribution < 1.29 is 28.7 Å². The van der Waals surface area contributed by atoms with Gasteiger partial charge >= 0.3 is 5.97 Å². The van der Waals surface area contributed by atoms with E-state index in [0.29, 0.717) is 39.9 Å². The highest BCUT2D eigenvalue weighted by Crippen LogP contribution is 2.30. The predicted octanol–water partition coefficient (Wildman–Crippen LogP) is 5.14. The summed E-state index contributed by atoms with van der Waals surface area (Å²) >= 11 is 0. The van der Waals surface area contributed by atoms with Crippen LogP contribution in [0.4, 0.5) is 0 Å². The first-order chi connectivity index (χ1) is 18.6. The van der Waals surface area contributed by atoms with E-state index in [1.54, 1.807) is 68.8 Å². The SMILES string of the molecule is COc1cc(OC)cc(-c2nc(-c3ccc(CC(NC(=O)c4ccc(C(C)(C)C)cc4)C(=O)O)cc3)no2)c1. The van der Waals surface area contributed by atoms with Gasteiger partial charge in [-0.05, 0) is 40.8 Å². The molecule has 0 fully saturated rings. The van der Waals surface area contributed by atoms with E-state index in [-0.39, 0.29) is 11.8 Å². The molecule has 2 N–H and O–H groups in total. The number of aliphatic carboxylic acids is 1. The molecule has 0 aliphatic carbocycles. The fourth-order valence-electron chi connectivity index (χ4n) is 3.98. The molecule has 39 heavy (non-hydrogen) atoms. The second kappa shape index (κ2) is 11.4. The monoisotopic (exact) mass is 529 g/mol. The standard InChI is InChI=1S/C30H31N3O6/c1-30(2,3)22-12-10-20(11-13-22)27(34)31-25(29(35)36)14-18-6-8-19(9-7-18)26-32-28(39-33-26)21-15-23(37-4)17-24(16-21)38-5/h6-13,15-17,25H,14H2,1-5H3,(H,31,34)(H,35,36). The first-order valence-corrected chi connectivity index (χ1v) is 12.4. The summed E-state index contributed by atoms with van der Waals surface area (Å²) in [6.07, 6.45) is 0.114. The summed E-state index contributed by atoms with van der Waals surface area (Å²) in [5.74, 6) is 0.310. The molecule has 1 heterocycles. The first-order valence-electron chi connectivity index (χ1n) is 12.4. The van der Waals surface area contributed by atoms with Crippen molar-refractivity contribution in [2.45, 2.75) is 38.6 Å². The fraction of sp³-hybridized carbons (Fsp3) is 0.267. The molecule has 4 aromatic rings. The Labute approximate surface area is 226 Å². The maximum absolute atomic E-state index is 12.7. The van der Waals surface area contributed by atoms with Gasteiger partial charge in [0.05, 0.1) is 14.2 Å². The van der Waals surface area contributed by atoms with Crippen LogP contribution in [0, 0.1) is 0 Å². The van der Waals surface area contributed by atoms with Crippen LogP contribution in [0.3, 0.4) is 0 Å². The highest BCUT2D eigenvalue weighted by Gasteiger charge is 2.22. The zero-order valence-corrected chi connectivity index (χ0v) is 22.5. The maximum Gasteiger partial charge on any atom is 0.326 e. The van der Waals surface area contributed by atoms with Crippen molar-refractivity contribution in [3.63, 3.8) is 0 Å². The van der Waals surface area contributed by atoms with Crippen molar-refractivity contribution in [1.29, 1.82) is 0 Å². The molecule has 1 unspecified atom stereocenters. The molecule has 0 saturated carbocycles. The number of rotatable bonds is 9. The van der Waals surface area contributed by atoms with Gasteiger partial charge in [0.2, 0.25) is 5.82 Å². The van der Waals surface area contributed by atoms with Gasteiger partial charge in [-0.1, -0.05) is 62.3 Å². The summed E-state index contributed by atoms with van der Waals surface area (Å²) in [7, 11) is 3.12. The van der Waals surface area contributed by atoms with Crippen molar-refractivity contribution >= 4 is 11.9 Å². The highest BCUT2D eigenvalue weighted by molar-refractivity contribution is 5.96. The average molecular weight is 530 g/mol. The largest absolute Gasteiger partial charge is 0.497 e. The Morgan fingerprint density at radius 3 is 2.08 bits per heavy atom. The Kier molecular flexibility index (Phi) is 7.99. The summed E-state index contributed by atoms with van der Waals surface area (Å²) in [4.78, 5) is 29.1. The van der Waals surface area contributed by atoms with E-state index in [4.69, 9.17) is 14.0 Å². The van der Waals surface area contributed by atoms with Gasteiger partial charge in [-0.25, -0.2) is 4.79 Å². The van der Waals surface area contributed by atoms with Crippen LogP contribution in [-0.2, 0) is 16.6 Å². The van der Waals surface area contributed by atoms with Gasteiger partial charge in [0.25, 0.3) is 11.8 Å². The van der Waals surface area contributed by atoms with Crippen molar-refractivity contribution in [2.24, 2.45) is 0 Å². The zero-order chi connectivity index (χ0) is 28.2. The number of hydrogen-bond donors (Lipinski definition) is 2. The van der Waals surface area contributed by atoms with Crippen molar-refractivity contribution in [3.8, 4) is 34.3 Å². The molecule has 0 spiro atoms. The highest BCUT2D eigenvalue weighted by atomic mass is 16.5. The number of nitrogens with one attached hydrogen (secondary N) is 1. The van der Waals surface area contributed by atoms with Gasteiger partial charge in [-0.3, -0.25) is 4.79 Å². The number of carboxylic acid groups (broad SMARTS) is 1. The minimum atomic E-state index is -1.12. The van der Waals surface area contributed by atoms with Gasteiger partial charge in [-0.2, -0.15) is 4.98 Å². The number of carbonyl (C=O) groups excluding carboxylic acids is 1. The second-order valence-corrected chi connectivity index (χ2v) is 10.1. The van der Waals surface area contributed by atoms with Crippen LogP contribution in [-0.4, -0.2) is 47.4 Å². The second-order valence-electron chi connectivity index (χ2n) is 10.1. The normalized spacial score (nSPS) is 12.0. The molecule has 0 bridgehead atoms. The summed E-state index contributed by atoms with van der Waals surface area (Å²) in [6, 6.07) is 18.5. The van der Waals surface area contributed by atoms with E-state index in [9.17, 15) is 14.7 Å². The number of methoxy groups -OCH3 is 2. The van der Waals surface area contributed by atoms with Crippen LogP contribution in [0.25, 0.3) is 22.8 Å². The maximum atomic E-state index is 12.7. The van der Waals surface area contributed by atoms with E-state index < -0.39 is 17.9 Å². The summed E-state index contributed by atoms with van der Waals surface area (Å²) in [5, 5.41) is 16.4. The predicted molar refractivity (Wildman–Crippen MR) is 146 cm³/mol. The summed E-state index contributed by atoms with van der Waals surface area (Å²) in [5.41, 5.74) is 3.53. The number of nitrogens with zero attached hydrogens (tertiary/aromatic N) is 2. The topological polar surface area (TPSA) is 124 Å². The van der Waals surface area contributed by atoms with E-state index in [1.165, 1.54) is 0 Å². The molecule has 9 nitrogen and oxygen atoms in total. The summed E-state index contributed by atoms with van der Waals surface area (Å²) < 4.78 is 16.0. The van der Waals surface area contributed by atoms with Crippen molar-refractivity contribution in [2.75, 3.05) is 14.2 Å². The van der Waals surface area contributed by atoms with Crippen molar-refractivity contribution in [1.82, 2.24) is 15.5 Å². The van der Waals surface area contributed by atoms with Crippen LogP contribution < -0.4 is 14.8 Å². The average Bonchev–Trinajstić information content (AvgIpc) is 3.42. The Morgan fingerprint density at radius 1 is 0.923 bits per heavy atom. The Hall–Kier alpha value is -4.66. The third-order valence-electron chi connectivity index (χ3n) is 6.29. The number of hydrogen-bond acceptors (Lipinski definition) is 7. The Bertz CT molecular complexity index is 1430. The lowest BCUT2D eigenvalue weighted by atomic mass is 9.86. The van der Waals surface area contributed by atoms with Crippen LogP contribution in [0.1, 0.15) is 42.3 Å². The van der Waals surface area contributed by atoms with E-state index in [1.807, 2.05) is 12.1 Å². The molecule has 1 amide bonds. The minimum absolute atomic E-state index is 0.0452. The van der Waals surface area contributed by atoms with Crippen LogP contribution in [0.15, 0.2) is 71.3 Å². The quantitative estimate of drug-likeness (QED) is 0.305. The molecule has 0 aliphatic heterocycles. The molecule has 9 heteroatoms. The molecule has 0 aliphatic rings. The van der Waals surface area contributed by atoms with E-state index in [0.717, 1.165) is 11.1 Å². The molecule has 0 saturated heterocycles.